The van der Waals surface area contributed by atoms with Gasteiger partial charge in [-0.25, -0.2) is 0 Å². The molecule has 29 heavy (non-hydrogen) atoms. The summed E-state index contributed by atoms with van der Waals surface area (Å²) in [6.45, 7) is 8.08. The van der Waals surface area contributed by atoms with Crippen LogP contribution in [0.2, 0.25) is 0 Å². The second-order valence-corrected chi connectivity index (χ2v) is 10.1. The maximum absolute atomic E-state index is 13.7. The number of esters is 1. The highest BCUT2D eigenvalue weighted by molar-refractivity contribution is 6.00. The van der Waals surface area contributed by atoms with Crippen molar-refractivity contribution in [3.63, 3.8) is 0 Å². The molecular weight excluding hydrogens is 376 g/mol. The standard InChI is InChI=1S/C22H30O7/c1-10-6-13(26-5)19(24)20(3)12(10)7-14-21(4)18(20)17-16(27-9-28-17)11(2)22(21,25)8-15(23)29-14/h6,10-12,14,16-18,25H,7-9H2,1-5H3/t10-,11+,12+,14-,16+,17-,18+,20+,21-,22-/m1/s1. The Kier molecular flexibility index (Phi) is 3.92. The van der Waals surface area contributed by atoms with Crippen LogP contribution in [0.15, 0.2) is 11.8 Å². The molecule has 5 rings (SSSR count). The predicted molar refractivity (Wildman–Crippen MR) is 100 cm³/mol. The van der Waals surface area contributed by atoms with Crippen molar-refractivity contribution in [3.8, 4) is 0 Å². The Labute approximate surface area is 170 Å². The summed E-state index contributed by atoms with van der Waals surface area (Å²) in [6, 6.07) is 0. The van der Waals surface area contributed by atoms with Crippen LogP contribution in [0.3, 0.4) is 0 Å². The normalized spacial score (nSPS) is 55.9. The maximum atomic E-state index is 13.7. The van der Waals surface area contributed by atoms with Crippen molar-refractivity contribution in [1.29, 1.82) is 0 Å². The molecule has 2 aliphatic heterocycles. The number of aliphatic hydroxyl groups is 1. The Morgan fingerprint density at radius 2 is 1.86 bits per heavy atom. The third-order valence-electron chi connectivity index (χ3n) is 9.22. The number of carbonyl (C=O) groups excluding carboxylic acids is 2. The Morgan fingerprint density at radius 1 is 1.17 bits per heavy atom. The molecule has 3 aliphatic carbocycles. The smallest absolute Gasteiger partial charge is 0.309 e. The first-order valence-corrected chi connectivity index (χ1v) is 10.6. The van der Waals surface area contributed by atoms with Crippen LogP contribution in [-0.2, 0) is 28.5 Å². The van der Waals surface area contributed by atoms with E-state index in [0.717, 1.165) is 0 Å². The summed E-state index contributed by atoms with van der Waals surface area (Å²) in [6.07, 6.45) is 1.11. The summed E-state index contributed by atoms with van der Waals surface area (Å²) in [7, 11) is 1.52. The van der Waals surface area contributed by atoms with Gasteiger partial charge in [0.25, 0.3) is 0 Å². The monoisotopic (exact) mass is 406 g/mol. The first kappa shape index (κ1) is 19.5. The number of ether oxygens (including phenoxy) is 4. The number of Topliss-reactive ketones (excluding diaryl/α,β-unsaturated/α-hetero) is 1. The molecule has 1 N–H and O–H groups in total. The van der Waals surface area contributed by atoms with Crippen molar-refractivity contribution < 1.29 is 33.6 Å². The lowest BCUT2D eigenvalue weighted by atomic mass is 9.37. The van der Waals surface area contributed by atoms with E-state index in [1.54, 1.807) is 0 Å². The van der Waals surface area contributed by atoms with Crippen molar-refractivity contribution in [3.05, 3.63) is 11.8 Å². The lowest BCUT2D eigenvalue weighted by molar-refractivity contribution is -0.315. The van der Waals surface area contributed by atoms with Crippen molar-refractivity contribution in [2.45, 2.75) is 64.4 Å². The summed E-state index contributed by atoms with van der Waals surface area (Å²) in [5.41, 5.74) is -2.98. The highest BCUT2D eigenvalue weighted by atomic mass is 16.7. The van der Waals surface area contributed by atoms with Gasteiger partial charge in [-0.3, -0.25) is 9.59 Å². The minimum Gasteiger partial charge on any atom is -0.493 e. The lowest BCUT2D eigenvalue weighted by Gasteiger charge is -2.70. The topological polar surface area (TPSA) is 91.3 Å². The fraction of sp³-hybridized carbons (Fsp3) is 0.818. The van der Waals surface area contributed by atoms with E-state index in [2.05, 4.69) is 6.92 Å². The summed E-state index contributed by atoms with van der Waals surface area (Å²) >= 11 is 0. The van der Waals surface area contributed by atoms with Gasteiger partial charge >= 0.3 is 5.97 Å². The second-order valence-electron chi connectivity index (χ2n) is 10.1. The number of hydrogen-bond donors (Lipinski definition) is 1. The first-order chi connectivity index (χ1) is 13.6. The van der Waals surface area contributed by atoms with Crippen molar-refractivity contribution in [2.75, 3.05) is 13.9 Å². The SMILES string of the molecule is COC1=C[C@@H](C)[C@@H]2C[C@H]3OC(=O)C[C@@]4(O)[C@@H](C)[C@@H]5OCO[C@H]5[C@@H]([C@@]2(C)C1=O)[C@@]34C. The van der Waals surface area contributed by atoms with Crippen molar-refractivity contribution >= 4 is 11.8 Å². The van der Waals surface area contributed by atoms with Crippen LogP contribution in [0.4, 0.5) is 0 Å². The van der Waals surface area contributed by atoms with Gasteiger partial charge in [-0.1, -0.05) is 27.7 Å². The summed E-state index contributed by atoms with van der Waals surface area (Å²) in [4.78, 5) is 26.3. The Bertz CT molecular complexity index is 807. The van der Waals surface area contributed by atoms with Gasteiger partial charge in [-0.2, -0.15) is 0 Å². The highest BCUT2D eigenvalue weighted by Crippen LogP contribution is 2.70. The molecule has 5 aliphatic rings. The molecule has 7 nitrogen and oxygen atoms in total. The van der Waals surface area contributed by atoms with Gasteiger partial charge in [0, 0.05) is 22.7 Å². The van der Waals surface area contributed by atoms with E-state index >= 15 is 0 Å². The Balaban J connectivity index is 1.76. The van der Waals surface area contributed by atoms with Gasteiger partial charge in [0.1, 0.15) is 12.9 Å². The summed E-state index contributed by atoms with van der Waals surface area (Å²) < 4.78 is 23.3. The summed E-state index contributed by atoms with van der Waals surface area (Å²) in [5.74, 6) is -0.755. The average molecular weight is 406 g/mol. The van der Waals surface area contributed by atoms with E-state index in [1.807, 2.05) is 26.8 Å². The van der Waals surface area contributed by atoms with Crippen LogP contribution in [0.25, 0.3) is 0 Å². The largest absolute Gasteiger partial charge is 0.493 e. The molecule has 10 atom stereocenters. The zero-order valence-electron chi connectivity index (χ0n) is 17.6. The summed E-state index contributed by atoms with van der Waals surface area (Å²) in [5, 5.41) is 12.0. The van der Waals surface area contributed by atoms with E-state index in [1.165, 1.54) is 7.11 Å². The zero-order chi connectivity index (χ0) is 20.9. The van der Waals surface area contributed by atoms with Gasteiger partial charge in [-0.05, 0) is 24.3 Å². The molecule has 2 saturated heterocycles. The van der Waals surface area contributed by atoms with Crippen molar-refractivity contribution in [2.24, 2.45) is 34.5 Å². The molecule has 0 amide bonds. The predicted octanol–water partition coefficient (Wildman–Crippen LogP) is 1.82. The molecule has 0 aromatic heterocycles. The molecule has 4 fully saturated rings. The number of carbonyl (C=O) groups is 2. The molecule has 0 bridgehead atoms. The van der Waals surface area contributed by atoms with Gasteiger partial charge in [0.2, 0.25) is 5.78 Å². The maximum Gasteiger partial charge on any atom is 0.309 e. The number of fused-ring (bicyclic) bond motifs is 4. The number of allylic oxidation sites excluding steroid dienone is 2. The molecule has 2 heterocycles. The molecule has 0 aromatic rings. The lowest BCUT2D eigenvalue weighted by Crippen LogP contribution is -2.79. The second kappa shape index (κ2) is 5.83. The molecule has 0 aromatic carbocycles. The van der Waals surface area contributed by atoms with Gasteiger partial charge in [0.05, 0.1) is 31.3 Å². The van der Waals surface area contributed by atoms with E-state index in [4.69, 9.17) is 18.9 Å². The minimum atomic E-state index is -1.33. The van der Waals surface area contributed by atoms with Crippen LogP contribution in [0, 0.1) is 34.5 Å². The highest BCUT2D eigenvalue weighted by Gasteiger charge is 2.78. The van der Waals surface area contributed by atoms with Crippen molar-refractivity contribution in [1.82, 2.24) is 0 Å². The number of ketones is 1. The fourth-order valence-electron chi connectivity index (χ4n) is 7.74. The van der Waals surface area contributed by atoms with Crippen LogP contribution < -0.4 is 0 Å². The minimum absolute atomic E-state index is 0.0506. The molecule has 0 unspecified atom stereocenters. The van der Waals surface area contributed by atoms with Crippen LogP contribution in [0.5, 0.6) is 0 Å². The molecule has 0 radical (unpaired) electrons. The number of hydrogen-bond acceptors (Lipinski definition) is 7. The fourth-order valence-corrected chi connectivity index (χ4v) is 7.74. The number of methoxy groups -OCH3 is 1. The molecule has 0 spiro atoms. The van der Waals surface area contributed by atoms with E-state index < -0.39 is 22.5 Å². The quantitative estimate of drug-likeness (QED) is 0.664. The molecule has 2 saturated carbocycles. The third-order valence-corrected chi connectivity index (χ3v) is 9.22. The van der Waals surface area contributed by atoms with E-state index in [-0.39, 0.29) is 60.8 Å². The van der Waals surface area contributed by atoms with Crippen LogP contribution >= 0.6 is 0 Å². The zero-order valence-corrected chi connectivity index (χ0v) is 17.6. The van der Waals surface area contributed by atoms with Gasteiger partial charge < -0.3 is 24.1 Å². The Morgan fingerprint density at radius 3 is 2.55 bits per heavy atom. The van der Waals surface area contributed by atoms with E-state index in [0.29, 0.717) is 12.2 Å². The molecule has 160 valence electrons. The molecular formula is C22H30O7. The van der Waals surface area contributed by atoms with Crippen LogP contribution in [-0.4, -0.2) is 54.7 Å². The number of rotatable bonds is 1. The third kappa shape index (κ3) is 2.04. The molecule has 7 heteroatoms. The first-order valence-electron chi connectivity index (χ1n) is 10.6. The average Bonchev–Trinajstić information content (AvgIpc) is 3.13. The van der Waals surface area contributed by atoms with Gasteiger partial charge in [0.15, 0.2) is 5.76 Å². The van der Waals surface area contributed by atoms with Gasteiger partial charge in [-0.15, -0.1) is 0 Å². The Hall–Kier alpha value is -1.44. The van der Waals surface area contributed by atoms with Crippen LogP contribution in [0.1, 0.15) is 40.5 Å². The van der Waals surface area contributed by atoms with E-state index in [9.17, 15) is 14.7 Å².